The molecule has 2 nitrogen and oxygen atoms in total. The second-order valence-corrected chi connectivity index (χ2v) is 5.91. The van der Waals surface area contributed by atoms with Gasteiger partial charge in [0.05, 0.1) is 12.6 Å². The van der Waals surface area contributed by atoms with Crippen molar-refractivity contribution in [1.29, 1.82) is 0 Å². The van der Waals surface area contributed by atoms with Crippen molar-refractivity contribution in [3.8, 4) is 0 Å². The molecule has 0 heterocycles. The van der Waals surface area contributed by atoms with Gasteiger partial charge in [-0.3, -0.25) is 0 Å². The first-order valence-electron chi connectivity index (χ1n) is 7.04. The molecule has 0 aliphatic rings. The molecule has 1 rings (SSSR count). The summed E-state index contributed by atoms with van der Waals surface area (Å²) in [5, 5.41) is 3.26. The van der Waals surface area contributed by atoms with Crippen molar-refractivity contribution in [2.75, 3.05) is 19.8 Å². The second kappa shape index (κ2) is 7.70. The van der Waals surface area contributed by atoms with Crippen LogP contribution in [0.15, 0.2) is 24.3 Å². The number of hydrogen-bond acceptors (Lipinski definition) is 2. The SMILES string of the molecule is CCNC(COCC(F)F)c1ccc(C(C)(C)C)cc1. The van der Waals surface area contributed by atoms with E-state index in [0.717, 1.165) is 12.1 Å². The zero-order valence-corrected chi connectivity index (χ0v) is 12.7. The summed E-state index contributed by atoms with van der Waals surface area (Å²) in [4.78, 5) is 0. The molecule has 4 heteroatoms. The van der Waals surface area contributed by atoms with E-state index in [-0.39, 0.29) is 18.1 Å². The second-order valence-electron chi connectivity index (χ2n) is 5.91. The van der Waals surface area contributed by atoms with Gasteiger partial charge in [0.2, 0.25) is 0 Å². The Morgan fingerprint density at radius 1 is 1.10 bits per heavy atom. The number of likely N-dealkylation sites (N-methyl/N-ethyl adjacent to an activating group) is 1. The summed E-state index contributed by atoms with van der Waals surface area (Å²) in [7, 11) is 0. The van der Waals surface area contributed by atoms with E-state index in [1.165, 1.54) is 5.56 Å². The van der Waals surface area contributed by atoms with Crippen molar-refractivity contribution in [3.05, 3.63) is 35.4 Å². The Kier molecular flexibility index (Phi) is 6.56. The lowest BCUT2D eigenvalue weighted by Crippen LogP contribution is -2.26. The summed E-state index contributed by atoms with van der Waals surface area (Å²) in [6.45, 7) is 8.99. The molecule has 1 aromatic carbocycles. The van der Waals surface area contributed by atoms with Crippen LogP contribution in [-0.4, -0.2) is 26.2 Å². The number of rotatable bonds is 7. The van der Waals surface area contributed by atoms with Gasteiger partial charge in [0.25, 0.3) is 6.43 Å². The van der Waals surface area contributed by atoms with Crippen LogP contribution in [0.5, 0.6) is 0 Å². The van der Waals surface area contributed by atoms with E-state index in [0.29, 0.717) is 0 Å². The van der Waals surface area contributed by atoms with Crippen molar-refractivity contribution in [2.45, 2.75) is 45.6 Å². The van der Waals surface area contributed by atoms with Gasteiger partial charge in [-0.1, -0.05) is 52.0 Å². The molecular formula is C16H25F2NO. The van der Waals surface area contributed by atoms with Gasteiger partial charge < -0.3 is 10.1 Å². The highest BCUT2D eigenvalue weighted by Gasteiger charge is 2.16. The molecule has 0 bridgehead atoms. The zero-order valence-electron chi connectivity index (χ0n) is 12.7. The minimum Gasteiger partial charge on any atom is -0.374 e. The zero-order chi connectivity index (χ0) is 15.2. The molecule has 0 aromatic heterocycles. The van der Waals surface area contributed by atoms with Crippen LogP contribution < -0.4 is 5.32 Å². The summed E-state index contributed by atoms with van der Waals surface area (Å²) in [5.74, 6) is 0. The fourth-order valence-corrected chi connectivity index (χ4v) is 2.01. The summed E-state index contributed by atoms with van der Waals surface area (Å²) >= 11 is 0. The van der Waals surface area contributed by atoms with E-state index in [9.17, 15) is 8.78 Å². The minimum atomic E-state index is -2.42. The predicted molar refractivity (Wildman–Crippen MR) is 78.4 cm³/mol. The molecule has 1 N–H and O–H groups in total. The average molecular weight is 285 g/mol. The number of ether oxygens (including phenoxy) is 1. The highest BCUT2D eigenvalue weighted by atomic mass is 19.3. The third-order valence-corrected chi connectivity index (χ3v) is 3.16. The maximum Gasteiger partial charge on any atom is 0.261 e. The van der Waals surface area contributed by atoms with Gasteiger partial charge in [-0.15, -0.1) is 0 Å². The van der Waals surface area contributed by atoms with Gasteiger partial charge in [0, 0.05) is 0 Å². The van der Waals surface area contributed by atoms with Crippen LogP contribution >= 0.6 is 0 Å². The van der Waals surface area contributed by atoms with E-state index in [4.69, 9.17) is 4.74 Å². The maximum atomic E-state index is 12.1. The first kappa shape index (κ1) is 17.1. The summed E-state index contributed by atoms with van der Waals surface area (Å²) in [5.41, 5.74) is 2.43. The van der Waals surface area contributed by atoms with Crippen molar-refractivity contribution >= 4 is 0 Å². The fraction of sp³-hybridized carbons (Fsp3) is 0.625. The Hall–Kier alpha value is -1.00. The molecule has 1 atom stereocenters. The van der Waals surface area contributed by atoms with Crippen LogP contribution in [-0.2, 0) is 10.2 Å². The Labute approximate surface area is 120 Å². The predicted octanol–water partition coefficient (Wildman–Crippen LogP) is 3.92. The molecule has 0 saturated carbocycles. The van der Waals surface area contributed by atoms with E-state index in [1.54, 1.807) is 0 Å². The molecule has 0 fully saturated rings. The van der Waals surface area contributed by atoms with E-state index >= 15 is 0 Å². The van der Waals surface area contributed by atoms with Crippen LogP contribution in [0, 0.1) is 0 Å². The van der Waals surface area contributed by atoms with Crippen LogP contribution in [0.2, 0.25) is 0 Å². The molecule has 0 radical (unpaired) electrons. The highest BCUT2D eigenvalue weighted by molar-refractivity contribution is 5.29. The summed E-state index contributed by atoms with van der Waals surface area (Å²) in [6.07, 6.45) is -2.42. The Bertz CT molecular complexity index is 384. The van der Waals surface area contributed by atoms with Gasteiger partial charge >= 0.3 is 0 Å². The Balaban J connectivity index is 2.71. The number of halogens is 2. The first-order valence-corrected chi connectivity index (χ1v) is 7.04. The maximum absolute atomic E-state index is 12.1. The third-order valence-electron chi connectivity index (χ3n) is 3.16. The van der Waals surface area contributed by atoms with E-state index in [1.807, 2.05) is 19.1 Å². The molecule has 0 spiro atoms. The van der Waals surface area contributed by atoms with Crippen molar-refractivity contribution in [2.24, 2.45) is 0 Å². The number of hydrogen-bond donors (Lipinski definition) is 1. The van der Waals surface area contributed by atoms with Crippen molar-refractivity contribution < 1.29 is 13.5 Å². The lowest BCUT2D eigenvalue weighted by atomic mass is 9.86. The van der Waals surface area contributed by atoms with Gasteiger partial charge in [0.15, 0.2) is 0 Å². The fourth-order valence-electron chi connectivity index (χ4n) is 2.01. The van der Waals surface area contributed by atoms with Crippen LogP contribution in [0.3, 0.4) is 0 Å². The van der Waals surface area contributed by atoms with Crippen LogP contribution in [0.4, 0.5) is 8.78 Å². The normalized spacial score (nSPS) is 13.8. The largest absolute Gasteiger partial charge is 0.374 e. The number of benzene rings is 1. The quantitative estimate of drug-likeness (QED) is 0.820. The van der Waals surface area contributed by atoms with Crippen LogP contribution in [0.25, 0.3) is 0 Å². The van der Waals surface area contributed by atoms with Gasteiger partial charge in [-0.05, 0) is 23.1 Å². The summed E-state index contributed by atoms with van der Waals surface area (Å²) < 4.78 is 29.3. The molecule has 0 saturated heterocycles. The van der Waals surface area contributed by atoms with Gasteiger partial charge in [0.1, 0.15) is 6.61 Å². The molecule has 1 aromatic rings. The monoisotopic (exact) mass is 285 g/mol. The van der Waals surface area contributed by atoms with Crippen molar-refractivity contribution in [1.82, 2.24) is 5.32 Å². The van der Waals surface area contributed by atoms with Crippen LogP contribution in [0.1, 0.15) is 44.9 Å². The summed E-state index contributed by atoms with van der Waals surface area (Å²) in [6, 6.07) is 8.21. The van der Waals surface area contributed by atoms with E-state index in [2.05, 4.69) is 38.2 Å². The Morgan fingerprint density at radius 3 is 2.15 bits per heavy atom. The molecular weight excluding hydrogens is 260 g/mol. The highest BCUT2D eigenvalue weighted by Crippen LogP contribution is 2.24. The number of alkyl halides is 2. The first-order chi connectivity index (χ1) is 9.34. The third kappa shape index (κ3) is 5.55. The molecule has 114 valence electrons. The molecule has 20 heavy (non-hydrogen) atoms. The topological polar surface area (TPSA) is 21.3 Å². The molecule has 1 unspecified atom stereocenters. The smallest absolute Gasteiger partial charge is 0.261 e. The van der Waals surface area contributed by atoms with Gasteiger partial charge in [-0.2, -0.15) is 0 Å². The lowest BCUT2D eigenvalue weighted by Gasteiger charge is -2.22. The van der Waals surface area contributed by atoms with E-state index < -0.39 is 13.0 Å². The van der Waals surface area contributed by atoms with Gasteiger partial charge in [-0.25, -0.2) is 8.78 Å². The molecule has 0 aliphatic carbocycles. The molecule has 0 aliphatic heterocycles. The standard InChI is InChI=1S/C16H25F2NO/c1-5-19-14(10-20-11-15(17)18)12-6-8-13(9-7-12)16(2,3)4/h6-9,14-15,19H,5,10-11H2,1-4H3. The lowest BCUT2D eigenvalue weighted by molar-refractivity contribution is 0.00934. The van der Waals surface area contributed by atoms with Crippen molar-refractivity contribution in [3.63, 3.8) is 0 Å². The minimum absolute atomic E-state index is 0.0484. The molecule has 0 amide bonds. The number of nitrogens with one attached hydrogen (secondary N) is 1. The average Bonchev–Trinajstić information content (AvgIpc) is 2.36. The Morgan fingerprint density at radius 2 is 1.70 bits per heavy atom.